The molecule has 0 spiro atoms. The first-order valence-corrected chi connectivity index (χ1v) is 6.20. The minimum atomic E-state index is -0.630. The lowest BCUT2D eigenvalue weighted by atomic mass is 10.1. The summed E-state index contributed by atoms with van der Waals surface area (Å²) >= 11 is 0. The van der Waals surface area contributed by atoms with Crippen molar-refractivity contribution in [3.8, 4) is 0 Å². The Kier molecular flexibility index (Phi) is 2.94. The number of fused-ring (bicyclic) bond motifs is 1. The van der Waals surface area contributed by atoms with Crippen molar-refractivity contribution >= 4 is 23.5 Å². The highest BCUT2D eigenvalue weighted by Crippen LogP contribution is 2.23. The molecule has 0 bridgehead atoms. The van der Waals surface area contributed by atoms with Crippen molar-refractivity contribution in [3.05, 3.63) is 36.2 Å². The van der Waals surface area contributed by atoms with Crippen LogP contribution in [0, 0.1) is 6.92 Å². The van der Waals surface area contributed by atoms with Gasteiger partial charge in [-0.1, -0.05) is 17.7 Å². The van der Waals surface area contributed by atoms with Gasteiger partial charge in [-0.15, -0.1) is 10.2 Å². The first-order valence-electron chi connectivity index (χ1n) is 6.20. The van der Waals surface area contributed by atoms with Crippen molar-refractivity contribution in [2.75, 3.05) is 10.6 Å². The smallest absolute Gasteiger partial charge is 0.248 e. The van der Waals surface area contributed by atoms with Gasteiger partial charge >= 0.3 is 0 Å². The first kappa shape index (κ1) is 12.3. The predicted molar refractivity (Wildman–Crippen MR) is 72.1 cm³/mol. The van der Waals surface area contributed by atoms with Gasteiger partial charge in [-0.3, -0.25) is 19.5 Å². The average molecular weight is 271 g/mol. The molecule has 1 aliphatic rings. The molecule has 20 heavy (non-hydrogen) atoms. The lowest BCUT2D eigenvalue weighted by molar-refractivity contribution is -0.125. The van der Waals surface area contributed by atoms with Gasteiger partial charge in [0.05, 0.1) is 6.42 Å². The molecule has 0 saturated carbocycles. The van der Waals surface area contributed by atoms with Crippen LogP contribution in [0.15, 0.2) is 30.6 Å². The van der Waals surface area contributed by atoms with E-state index in [9.17, 15) is 9.59 Å². The van der Waals surface area contributed by atoms with Crippen LogP contribution in [0.5, 0.6) is 0 Å². The van der Waals surface area contributed by atoms with Crippen LogP contribution in [-0.4, -0.2) is 26.6 Å². The first-order chi connectivity index (χ1) is 9.63. The molecule has 2 amide bonds. The van der Waals surface area contributed by atoms with Crippen LogP contribution >= 0.6 is 0 Å². The van der Waals surface area contributed by atoms with Gasteiger partial charge in [-0.05, 0) is 19.1 Å². The van der Waals surface area contributed by atoms with Gasteiger partial charge in [0.1, 0.15) is 12.4 Å². The minimum Gasteiger partial charge on any atom is -0.324 e. The Morgan fingerprint density at radius 1 is 1.40 bits per heavy atom. The van der Waals surface area contributed by atoms with E-state index in [1.165, 1.54) is 6.33 Å². The molecule has 0 fully saturated rings. The Bertz CT molecular complexity index is 662. The number of anilines is 2. The summed E-state index contributed by atoms with van der Waals surface area (Å²) in [6.45, 7) is 1.97. The highest BCUT2D eigenvalue weighted by Gasteiger charge is 2.31. The summed E-state index contributed by atoms with van der Waals surface area (Å²) in [6.07, 6.45) is 1.51. The second-order valence-corrected chi connectivity index (χ2v) is 4.69. The number of carbonyl (C=O) groups is 2. The number of benzene rings is 1. The van der Waals surface area contributed by atoms with Crippen LogP contribution in [0.3, 0.4) is 0 Å². The molecule has 2 heterocycles. The fourth-order valence-corrected chi connectivity index (χ4v) is 2.09. The molecular weight excluding hydrogens is 258 g/mol. The summed E-state index contributed by atoms with van der Waals surface area (Å²) in [5.41, 5.74) is 1.81. The molecule has 0 unspecified atom stereocenters. The van der Waals surface area contributed by atoms with Crippen molar-refractivity contribution in [3.63, 3.8) is 0 Å². The Hall–Kier alpha value is -2.70. The number of hydrogen-bond acceptors (Lipinski definition) is 4. The van der Waals surface area contributed by atoms with Gasteiger partial charge in [-0.2, -0.15) is 0 Å². The maximum atomic E-state index is 12.3. The zero-order valence-corrected chi connectivity index (χ0v) is 10.8. The van der Waals surface area contributed by atoms with E-state index in [4.69, 9.17) is 0 Å². The maximum Gasteiger partial charge on any atom is 0.248 e. The van der Waals surface area contributed by atoms with Crippen molar-refractivity contribution in [1.29, 1.82) is 0 Å². The van der Waals surface area contributed by atoms with Crippen LogP contribution in [0.2, 0.25) is 0 Å². The SMILES string of the molecule is Cc1ccc(NC(=O)[C@H]2CC(=O)Nc3nncn32)cc1. The predicted octanol–water partition coefficient (Wildman–Crippen LogP) is 1.11. The number of nitrogens with one attached hydrogen (secondary N) is 2. The number of aryl methyl sites for hydroxylation is 1. The van der Waals surface area contributed by atoms with Crippen LogP contribution < -0.4 is 10.6 Å². The molecule has 2 N–H and O–H groups in total. The minimum absolute atomic E-state index is 0.0722. The quantitative estimate of drug-likeness (QED) is 0.856. The normalized spacial score (nSPS) is 17.2. The molecule has 7 heteroatoms. The van der Waals surface area contributed by atoms with Gasteiger partial charge in [0.2, 0.25) is 17.8 Å². The van der Waals surface area contributed by atoms with Crippen molar-refractivity contribution < 1.29 is 9.59 Å². The molecule has 1 aliphatic heterocycles. The third-order valence-corrected chi connectivity index (χ3v) is 3.16. The number of rotatable bonds is 2. The zero-order chi connectivity index (χ0) is 14.1. The number of hydrogen-bond donors (Lipinski definition) is 2. The Labute approximate surface area is 115 Å². The summed E-state index contributed by atoms with van der Waals surface area (Å²) in [5, 5.41) is 12.8. The monoisotopic (exact) mass is 271 g/mol. The van der Waals surface area contributed by atoms with E-state index in [2.05, 4.69) is 20.8 Å². The maximum absolute atomic E-state index is 12.3. The van der Waals surface area contributed by atoms with Gasteiger partial charge in [-0.25, -0.2) is 0 Å². The topological polar surface area (TPSA) is 88.9 Å². The van der Waals surface area contributed by atoms with E-state index in [-0.39, 0.29) is 18.2 Å². The number of aromatic nitrogens is 3. The van der Waals surface area contributed by atoms with E-state index < -0.39 is 6.04 Å². The summed E-state index contributed by atoms with van der Waals surface area (Å²) in [5.74, 6) is -0.204. The standard InChI is InChI=1S/C13H13N5O2/c1-8-2-4-9(5-3-8)15-12(20)10-6-11(19)16-13-17-14-7-18(10)13/h2-5,7,10H,6H2,1H3,(H,15,20)(H,16,17,19)/t10-/m1/s1. The van der Waals surface area contributed by atoms with E-state index in [0.29, 0.717) is 11.6 Å². The molecule has 0 aliphatic carbocycles. The van der Waals surface area contributed by atoms with Gasteiger partial charge in [0, 0.05) is 5.69 Å². The molecule has 1 aromatic carbocycles. The second kappa shape index (κ2) is 4.76. The molecule has 1 aromatic heterocycles. The summed E-state index contributed by atoms with van der Waals surface area (Å²) in [4.78, 5) is 23.9. The highest BCUT2D eigenvalue weighted by molar-refractivity contribution is 6.00. The summed E-state index contributed by atoms with van der Waals surface area (Å²) in [6, 6.07) is 6.84. The fourth-order valence-electron chi connectivity index (χ4n) is 2.09. The Morgan fingerprint density at radius 2 is 2.15 bits per heavy atom. The van der Waals surface area contributed by atoms with Gasteiger partial charge < -0.3 is 5.32 Å². The fraction of sp³-hybridized carbons (Fsp3) is 0.231. The van der Waals surface area contributed by atoms with Crippen LogP contribution in [0.1, 0.15) is 18.0 Å². The Balaban J connectivity index is 1.81. The molecule has 0 saturated heterocycles. The van der Waals surface area contributed by atoms with Crippen molar-refractivity contribution in [1.82, 2.24) is 14.8 Å². The largest absolute Gasteiger partial charge is 0.324 e. The summed E-state index contributed by atoms with van der Waals surface area (Å²) in [7, 11) is 0. The molecular formula is C13H13N5O2. The summed E-state index contributed by atoms with van der Waals surface area (Å²) < 4.78 is 1.56. The Morgan fingerprint density at radius 3 is 2.90 bits per heavy atom. The number of carbonyl (C=O) groups excluding carboxylic acids is 2. The van der Waals surface area contributed by atoms with Crippen LogP contribution in [0.4, 0.5) is 11.6 Å². The lowest BCUT2D eigenvalue weighted by Gasteiger charge is -2.23. The van der Waals surface area contributed by atoms with Gasteiger partial charge in [0.25, 0.3) is 0 Å². The lowest BCUT2D eigenvalue weighted by Crippen LogP contribution is -2.35. The van der Waals surface area contributed by atoms with Crippen LogP contribution in [0.25, 0.3) is 0 Å². The van der Waals surface area contributed by atoms with Crippen LogP contribution in [-0.2, 0) is 9.59 Å². The highest BCUT2D eigenvalue weighted by atomic mass is 16.2. The van der Waals surface area contributed by atoms with Gasteiger partial charge in [0.15, 0.2) is 0 Å². The number of amides is 2. The molecule has 102 valence electrons. The molecule has 1 atom stereocenters. The van der Waals surface area contributed by atoms with E-state index in [1.54, 1.807) is 4.57 Å². The average Bonchev–Trinajstić information content (AvgIpc) is 2.88. The second-order valence-electron chi connectivity index (χ2n) is 4.69. The van der Waals surface area contributed by atoms with E-state index >= 15 is 0 Å². The third-order valence-electron chi connectivity index (χ3n) is 3.16. The van der Waals surface area contributed by atoms with E-state index in [0.717, 1.165) is 5.56 Å². The third kappa shape index (κ3) is 2.25. The zero-order valence-electron chi connectivity index (χ0n) is 10.8. The van der Waals surface area contributed by atoms with Crippen molar-refractivity contribution in [2.24, 2.45) is 0 Å². The van der Waals surface area contributed by atoms with Crippen molar-refractivity contribution in [2.45, 2.75) is 19.4 Å². The van der Waals surface area contributed by atoms with E-state index in [1.807, 2.05) is 31.2 Å². The number of nitrogens with zero attached hydrogens (tertiary/aromatic N) is 3. The molecule has 0 radical (unpaired) electrons. The molecule has 3 rings (SSSR count). The molecule has 7 nitrogen and oxygen atoms in total. The molecule has 2 aromatic rings.